The standard InChI is InChI=1S/C16H22ClN3O/c1-10-6-7-15(21-5)12(8-10)13(18-3)9-14-16(17)11(2)19-20(14)4/h6-8,13,18H,9H2,1-5H3. The van der Waals surface area contributed by atoms with Crippen molar-refractivity contribution in [3.05, 3.63) is 45.7 Å². The van der Waals surface area contributed by atoms with E-state index in [1.807, 2.05) is 31.8 Å². The van der Waals surface area contributed by atoms with Crippen LogP contribution in [0.2, 0.25) is 5.02 Å². The van der Waals surface area contributed by atoms with Crippen molar-refractivity contribution in [2.24, 2.45) is 7.05 Å². The van der Waals surface area contributed by atoms with E-state index in [4.69, 9.17) is 16.3 Å². The number of methoxy groups -OCH3 is 1. The number of rotatable bonds is 5. The number of benzene rings is 1. The average molecular weight is 308 g/mol. The van der Waals surface area contributed by atoms with Crippen molar-refractivity contribution in [1.82, 2.24) is 15.1 Å². The van der Waals surface area contributed by atoms with Gasteiger partial charge in [0.2, 0.25) is 0 Å². The van der Waals surface area contributed by atoms with Gasteiger partial charge in [-0.3, -0.25) is 4.68 Å². The number of hydrogen-bond donors (Lipinski definition) is 1. The van der Waals surface area contributed by atoms with Gasteiger partial charge in [0.05, 0.1) is 23.5 Å². The van der Waals surface area contributed by atoms with Crippen LogP contribution in [-0.2, 0) is 13.5 Å². The SMILES string of the molecule is CNC(Cc1c(Cl)c(C)nn1C)c1cc(C)ccc1OC. The Labute approximate surface area is 131 Å². The Balaban J connectivity index is 2.38. The lowest BCUT2D eigenvalue weighted by atomic mass is 9.99. The molecule has 1 unspecified atom stereocenters. The molecule has 0 radical (unpaired) electrons. The Hall–Kier alpha value is -1.52. The zero-order valence-electron chi connectivity index (χ0n) is 13.2. The van der Waals surface area contributed by atoms with Crippen LogP contribution in [0.1, 0.15) is 28.6 Å². The fourth-order valence-corrected chi connectivity index (χ4v) is 2.83. The fourth-order valence-electron chi connectivity index (χ4n) is 2.59. The van der Waals surface area contributed by atoms with Crippen molar-refractivity contribution in [1.29, 1.82) is 0 Å². The molecule has 4 nitrogen and oxygen atoms in total. The molecule has 0 spiro atoms. The maximum Gasteiger partial charge on any atom is 0.123 e. The molecule has 5 heteroatoms. The molecule has 0 saturated heterocycles. The predicted molar refractivity (Wildman–Crippen MR) is 86.2 cm³/mol. The molecule has 21 heavy (non-hydrogen) atoms. The summed E-state index contributed by atoms with van der Waals surface area (Å²) in [4.78, 5) is 0. The minimum absolute atomic E-state index is 0.118. The van der Waals surface area contributed by atoms with Gasteiger partial charge in [0.25, 0.3) is 0 Å². The Morgan fingerprint density at radius 2 is 2.10 bits per heavy atom. The molecule has 0 fully saturated rings. The first-order valence-corrected chi connectivity index (χ1v) is 7.35. The fraction of sp³-hybridized carbons (Fsp3) is 0.438. The summed E-state index contributed by atoms with van der Waals surface area (Å²) >= 11 is 6.37. The summed E-state index contributed by atoms with van der Waals surface area (Å²) < 4.78 is 7.34. The highest BCUT2D eigenvalue weighted by molar-refractivity contribution is 6.31. The molecule has 1 aromatic carbocycles. The van der Waals surface area contributed by atoms with Crippen LogP contribution >= 0.6 is 11.6 Å². The van der Waals surface area contributed by atoms with Gasteiger partial charge in [-0.1, -0.05) is 29.3 Å². The van der Waals surface area contributed by atoms with Crippen molar-refractivity contribution >= 4 is 11.6 Å². The predicted octanol–water partition coefficient (Wildman–Crippen LogP) is 3.20. The van der Waals surface area contributed by atoms with Crippen molar-refractivity contribution < 1.29 is 4.74 Å². The van der Waals surface area contributed by atoms with E-state index >= 15 is 0 Å². The Kier molecular flexibility index (Phi) is 4.91. The summed E-state index contributed by atoms with van der Waals surface area (Å²) in [5.41, 5.74) is 4.23. The van der Waals surface area contributed by atoms with Crippen molar-refractivity contribution in [2.75, 3.05) is 14.2 Å². The molecule has 0 saturated carbocycles. The van der Waals surface area contributed by atoms with Gasteiger partial charge in [-0.15, -0.1) is 0 Å². The lowest BCUT2D eigenvalue weighted by molar-refractivity contribution is 0.400. The molecule has 0 aliphatic rings. The van der Waals surface area contributed by atoms with Gasteiger partial charge < -0.3 is 10.1 Å². The van der Waals surface area contributed by atoms with Gasteiger partial charge in [0.1, 0.15) is 5.75 Å². The third-order valence-electron chi connectivity index (χ3n) is 3.77. The van der Waals surface area contributed by atoms with E-state index < -0.39 is 0 Å². The van der Waals surface area contributed by atoms with Gasteiger partial charge in [0.15, 0.2) is 0 Å². The number of nitrogens with one attached hydrogen (secondary N) is 1. The first kappa shape index (κ1) is 15.9. The summed E-state index contributed by atoms with van der Waals surface area (Å²) in [6, 6.07) is 6.32. The number of nitrogens with zero attached hydrogens (tertiary/aromatic N) is 2. The molecule has 0 aliphatic heterocycles. The van der Waals surface area contributed by atoms with Crippen LogP contribution in [0.4, 0.5) is 0 Å². The second-order valence-electron chi connectivity index (χ2n) is 5.26. The Bertz CT molecular complexity index is 637. The molecule has 1 atom stereocenters. The number of aromatic nitrogens is 2. The van der Waals surface area contributed by atoms with Crippen LogP contribution in [-0.4, -0.2) is 23.9 Å². The molecule has 0 bridgehead atoms. The summed E-state index contributed by atoms with van der Waals surface area (Å²) in [6.07, 6.45) is 0.756. The number of halogens is 1. The van der Waals surface area contributed by atoms with Crippen LogP contribution in [0.15, 0.2) is 18.2 Å². The van der Waals surface area contributed by atoms with E-state index in [1.54, 1.807) is 7.11 Å². The Morgan fingerprint density at radius 3 is 2.62 bits per heavy atom. The summed E-state index contributed by atoms with van der Waals surface area (Å²) in [7, 11) is 5.57. The second kappa shape index (κ2) is 6.50. The number of aryl methyl sites for hydroxylation is 3. The highest BCUT2D eigenvalue weighted by atomic mass is 35.5. The summed E-state index contributed by atoms with van der Waals surface area (Å²) in [5, 5.41) is 8.47. The van der Waals surface area contributed by atoms with Crippen LogP contribution in [0, 0.1) is 13.8 Å². The van der Waals surface area contributed by atoms with Gasteiger partial charge in [-0.2, -0.15) is 5.10 Å². The molecule has 0 amide bonds. The van der Waals surface area contributed by atoms with E-state index in [2.05, 4.69) is 29.5 Å². The van der Waals surface area contributed by atoms with E-state index in [-0.39, 0.29) is 6.04 Å². The first-order valence-electron chi connectivity index (χ1n) is 6.97. The highest BCUT2D eigenvalue weighted by Gasteiger charge is 2.20. The monoisotopic (exact) mass is 307 g/mol. The van der Waals surface area contributed by atoms with E-state index in [9.17, 15) is 0 Å². The first-order chi connectivity index (χ1) is 9.97. The number of ether oxygens (including phenoxy) is 1. The topological polar surface area (TPSA) is 39.1 Å². The third kappa shape index (κ3) is 3.22. The maximum atomic E-state index is 6.37. The Morgan fingerprint density at radius 1 is 1.38 bits per heavy atom. The van der Waals surface area contributed by atoms with Crippen molar-refractivity contribution in [3.8, 4) is 5.75 Å². The second-order valence-corrected chi connectivity index (χ2v) is 5.64. The molecule has 2 aromatic rings. The van der Waals surface area contributed by atoms with Gasteiger partial charge in [-0.05, 0) is 27.0 Å². The summed E-state index contributed by atoms with van der Waals surface area (Å²) in [6.45, 7) is 4.00. The molecule has 1 aromatic heterocycles. The molecule has 1 heterocycles. The zero-order valence-corrected chi connectivity index (χ0v) is 14.0. The van der Waals surface area contributed by atoms with Gasteiger partial charge in [-0.25, -0.2) is 0 Å². The lowest BCUT2D eigenvalue weighted by Gasteiger charge is -2.20. The molecular formula is C16H22ClN3O. The van der Waals surface area contributed by atoms with E-state index in [1.165, 1.54) is 5.56 Å². The molecule has 2 rings (SSSR count). The van der Waals surface area contributed by atoms with Gasteiger partial charge in [0, 0.05) is 25.1 Å². The molecule has 0 aliphatic carbocycles. The smallest absolute Gasteiger partial charge is 0.123 e. The number of hydrogen-bond acceptors (Lipinski definition) is 3. The van der Waals surface area contributed by atoms with E-state index in [0.29, 0.717) is 0 Å². The quantitative estimate of drug-likeness (QED) is 0.922. The largest absolute Gasteiger partial charge is 0.496 e. The van der Waals surface area contributed by atoms with Crippen LogP contribution in [0.5, 0.6) is 5.75 Å². The van der Waals surface area contributed by atoms with Crippen LogP contribution in [0.25, 0.3) is 0 Å². The lowest BCUT2D eigenvalue weighted by Crippen LogP contribution is -2.21. The maximum absolute atomic E-state index is 6.37. The van der Waals surface area contributed by atoms with Crippen molar-refractivity contribution in [3.63, 3.8) is 0 Å². The number of likely N-dealkylation sites (N-methyl/N-ethyl adjacent to an activating group) is 1. The van der Waals surface area contributed by atoms with E-state index in [0.717, 1.165) is 34.1 Å². The van der Waals surface area contributed by atoms with Crippen molar-refractivity contribution in [2.45, 2.75) is 26.3 Å². The minimum atomic E-state index is 0.118. The highest BCUT2D eigenvalue weighted by Crippen LogP contribution is 2.31. The average Bonchev–Trinajstić information content (AvgIpc) is 2.70. The molecule has 1 N–H and O–H groups in total. The summed E-state index contributed by atoms with van der Waals surface area (Å²) in [5.74, 6) is 0.884. The van der Waals surface area contributed by atoms with Crippen LogP contribution < -0.4 is 10.1 Å². The molecular weight excluding hydrogens is 286 g/mol. The van der Waals surface area contributed by atoms with Crippen LogP contribution in [0.3, 0.4) is 0 Å². The normalized spacial score (nSPS) is 12.5. The minimum Gasteiger partial charge on any atom is -0.496 e. The molecule has 114 valence electrons. The van der Waals surface area contributed by atoms with Gasteiger partial charge >= 0.3 is 0 Å². The zero-order chi connectivity index (χ0) is 15.6. The third-order valence-corrected chi connectivity index (χ3v) is 4.26.